The van der Waals surface area contributed by atoms with Crippen LogP contribution in [0.2, 0.25) is 0 Å². The number of amides is 1. The van der Waals surface area contributed by atoms with Crippen LogP contribution in [0.4, 0.5) is 13.2 Å². The Bertz CT molecular complexity index is 535. The summed E-state index contributed by atoms with van der Waals surface area (Å²) in [6, 6.07) is 3.68. The van der Waals surface area contributed by atoms with Crippen LogP contribution < -0.4 is 0 Å². The molecule has 1 amide bonds. The molecule has 1 aliphatic rings. The first kappa shape index (κ1) is 16.7. The summed E-state index contributed by atoms with van der Waals surface area (Å²) >= 11 is 4.79. The summed E-state index contributed by atoms with van der Waals surface area (Å²) in [6.45, 7) is 3.02. The third-order valence-corrected chi connectivity index (χ3v) is 5.26. The highest BCUT2D eigenvalue weighted by atomic mass is 79.9. The van der Waals surface area contributed by atoms with Crippen LogP contribution in [0, 0.1) is 0 Å². The zero-order chi connectivity index (χ0) is 15.6. The molecule has 0 radical (unpaired) electrons. The summed E-state index contributed by atoms with van der Waals surface area (Å²) in [5, 5.41) is 0.299. The van der Waals surface area contributed by atoms with Gasteiger partial charge in [-0.1, -0.05) is 22.9 Å². The first-order chi connectivity index (χ1) is 9.82. The van der Waals surface area contributed by atoms with Gasteiger partial charge in [0.05, 0.1) is 11.1 Å². The van der Waals surface area contributed by atoms with Gasteiger partial charge in [-0.05, 0) is 24.6 Å². The summed E-state index contributed by atoms with van der Waals surface area (Å²) < 4.78 is 39.6. The van der Waals surface area contributed by atoms with E-state index in [1.807, 2.05) is 6.92 Å². The van der Waals surface area contributed by atoms with Gasteiger partial charge in [0.15, 0.2) is 0 Å². The molecule has 1 unspecified atom stereocenters. The number of thioether (sulfide) groups is 1. The largest absolute Gasteiger partial charge is 0.417 e. The Balaban J connectivity index is 2.31. The van der Waals surface area contributed by atoms with Crippen LogP contribution in [0.25, 0.3) is 0 Å². The third-order valence-electron chi connectivity index (χ3n) is 3.40. The minimum Gasteiger partial charge on any atom is -0.337 e. The second-order valence-corrected chi connectivity index (χ2v) is 7.16. The van der Waals surface area contributed by atoms with E-state index in [1.165, 1.54) is 17.0 Å². The number of rotatable bonds is 2. The number of nitrogens with zero attached hydrogens (tertiary/aromatic N) is 1. The Morgan fingerprint density at radius 1 is 1.48 bits per heavy atom. The summed E-state index contributed by atoms with van der Waals surface area (Å²) in [5.74, 6) is 0.232. The highest BCUT2D eigenvalue weighted by Crippen LogP contribution is 2.35. The van der Waals surface area contributed by atoms with Gasteiger partial charge in [0.1, 0.15) is 0 Å². The van der Waals surface area contributed by atoms with E-state index in [0.29, 0.717) is 22.8 Å². The van der Waals surface area contributed by atoms with Crippen molar-refractivity contribution in [3.63, 3.8) is 0 Å². The first-order valence-corrected chi connectivity index (χ1v) is 8.44. The molecule has 21 heavy (non-hydrogen) atoms. The maximum absolute atomic E-state index is 13.1. The highest BCUT2D eigenvalue weighted by Gasteiger charge is 2.37. The normalized spacial score (nSPS) is 19.7. The van der Waals surface area contributed by atoms with Crippen molar-refractivity contribution in [1.82, 2.24) is 4.90 Å². The fourth-order valence-corrected chi connectivity index (χ4v) is 3.80. The fraction of sp³-hybridized carbons (Fsp3) is 0.500. The molecule has 1 heterocycles. The zero-order valence-electron chi connectivity index (χ0n) is 11.4. The highest BCUT2D eigenvalue weighted by molar-refractivity contribution is 9.10. The van der Waals surface area contributed by atoms with Crippen LogP contribution in [-0.2, 0) is 6.18 Å². The van der Waals surface area contributed by atoms with E-state index in [4.69, 9.17) is 0 Å². The maximum atomic E-state index is 13.1. The van der Waals surface area contributed by atoms with E-state index in [-0.39, 0.29) is 5.56 Å². The lowest BCUT2D eigenvalue weighted by atomic mass is 10.1. The van der Waals surface area contributed by atoms with Crippen molar-refractivity contribution < 1.29 is 18.0 Å². The smallest absolute Gasteiger partial charge is 0.337 e. The molecule has 1 fully saturated rings. The molecular formula is C14H15BrF3NOS. The van der Waals surface area contributed by atoms with Gasteiger partial charge in [-0.25, -0.2) is 0 Å². The van der Waals surface area contributed by atoms with Crippen molar-refractivity contribution in [1.29, 1.82) is 0 Å². The van der Waals surface area contributed by atoms with Gasteiger partial charge in [-0.2, -0.15) is 24.9 Å². The van der Waals surface area contributed by atoms with Gasteiger partial charge >= 0.3 is 6.18 Å². The van der Waals surface area contributed by atoms with Gasteiger partial charge in [-0.15, -0.1) is 0 Å². The minimum absolute atomic E-state index is 0.271. The molecule has 116 valence electrons. The molecule has 7 heteroatoms. The Kier molecular flexibility index (Phi) is 5.24. The Morgan fingerprint density at radius 2 is 2.19 bits per heavy atom. The van der Waals surface area contributed by atoms with Crippen LogP contribution in [0.5, 0.6) is 0 Å². The van der Waals surface area contributed by atoms with Gasteiger partial charge in [0.2, 0.25) is 0 Å². The van der Waals surface area contributed by atoms with Crippen molar-refractivity contribution in [2.24, 2.45) is 0 Å². The third kappa shape index (κ3) is 3.94. The van der Waals surface area contributed by atoms with Crippen LogP contribution in [0.3, 0.4) is 0 Å². The molecule has 2 rings (SSSR count). The average molecular weight is 382 g/mol. The van der Waals surface area contributed by atoms with Crippen LogP contribution in [0.15, 0.2) is 22.7 Å². The first-order valence-electron chi connectivity index (χ1n) is 6.60. The number of carbonyl (C=O) groups is 1. The molecule has 0 spiro atoms. The average Bonchev–Trinajstić information content (AvgIpc) is 2.45. The number of hydrogen-bond acceptors (Lipinski definition) is 2. The van der Waals surface area contributed by atoms with E-state index in [2.05, 4.69) is 15.9 Å². The molecule has 1 atom stereocenters. The molecule has 1 aromatic carbocycles. The molecule has 2 nitrogen and oxygen atoms in total. The molecule has 0 saturated carbocycles. The van der Waals surface area contributed by atoms with Gasteiger partial charge in [0, 0.05) is 28.6 Å². The van der Waals surface area contributed by atoms with Gasteiger partial charge in [0.25, 0.3) is 5.91 Å². The van der Waals surface area contributed by atoms with Crippen LogP contribution in [-0.4, -0.2) is 34.9 Å². The van der Waals surface area contributed by atoms with Crippen molar-refractivity contribution in [2.45, 2.75) is 24.8 Å². The van der Waals surface area contributed by atoms with Crippen molar-refractivity contribution in [3.8, 4) is 0 Å². The molecule has 1 aromatic rings. The lowest BCUT2D eigenvalue weighted by molar-refractivity contribution is -0.138. The van der Waals surface area contributed by atoms with E-state index in [1.54, 1.807) is 11.8 Å². The summed E-state index contributed by atoms with van der Waals surface area (Å²) in [6.07, 6.45) is -3.63. The summed E-state index contributed by atoms with van der Waals surface area (Å²) in [5.41, 5.74) is -1.15. The van der Waals surface area contributed by atoms with Crippen molar-refractivity contribution >= 4 is 33.6 Å². The predicted molar refractivity (Wildman–Crippen MR) is 81.6 cm³/mol. The standard InChI is InChI=1S/C14H15BrF3NOS/c1-2-10-8-19(5-6-21-10)13(20)11-4-3-9(15)7-12(11)14(16,17)18/h3-4,7,10H,2,5-6,8H2,1H3. The van der Waals surface area contributed by atoms with Crippen molar-refractivity contribution in [3.05, 3.63) is 33.8 Å². The lowest BCUT2D eigenvalue weighted by Crippen LogP contribution is -2.42. The molecular weight excluding hydrogens is 367 g/mol. The second-order valence-electron chi connectivity index (χ2n) is 4.84. The Labute approximate surface area is 134 Å². The number of carbonyl (C=O) groups excluding carboxylic acids is 1. The van der Waals surface area contributed by atoms with E-state index < -0.39 is 17.6 Å². The maximum Gasteiger partial charge on any atom is 0.417 e. The monoisotopic (exact) mass is 381 g/mol. The van der Waals surface area contributed by atoms with E-state index in [9.17, 15) is 18.0 Å². The SMILES string of the molecule is CCC1CN(C(=O)c2ccc(Br)cc2C(F)(F)F)CCS1. The number of hydrogen-bond donors (Lipinski definition) is 0. The summed E-state index contributed by atoms with van der Waals surface area (Å²) in [7, 11) is 0. The molecule has 1 saturated heterocycles. The second kappa shape index (κ2) is 6.60. The number of halogens is 4. The topological polar surface area (TPSA) is 20.3 Å². The number of alkyl halides is 3. The Hall–Kier alpha value is -0.690. The molecule has 0 aromatic heterocycles. The molecule has 0 bridgehead atoms. The number of benzene rings is 1. The van der Waals surface area contributed by atoms with Gasteiger partial charge in [-0.3, -0.25) is 4.79 Å². The van der Waals surface area contributed by atoms with Crippen LogP contribution in [0.1, 0.15) is 29.3 Å². The van der Waals surface area contributed by atoms with Gasteiger partial charge < -0.3 is 4.90 Å². The van der Waals surface area contributed by atoms with E-state index >= 15 is 0 Å². The summed E-state index contributed by atoms with van der Waals surface area (Å²) in [4.78, 5) is 14.0. The molecule has 0 aliphatic carbocycles. The predicted octanol–water partition coefficient (Wildman–Crippen LogP) is 4.44. The van der Waals surface area contributed by atoms with Crippen LogP contribution >= 0.6 is 27.7 Å². The molecule has 0 N–H and O–H groups in total. The minimum atomic E-state index is -4.54. The fourth-order valence-electron chi connectivity index (χ4n) is 2.26. The zero-order valence-corrected chi connectivity index (χ0v) is 13.8. The molecule has 1 aliphatic heterocycles. The quantitative estimate of drug-likeness (QED) is 0.754. The lowest BCUT2D eigenvalue weighted by Gasteiger charge is -2.32. The Morgan fingerprint density at radius 3 is 2.81 bits per heavy atom. The van der Waals surface area contributed by atoms with E-state index in [0.717, 1.165) is 18.2 Å². The van der Waals surface area contributed by atoms with Crippen molar-refractivity contribution in [2.75, 3.05) is 18.8 Å².